The summed E-state index contributed by atoms with van der Waals surface area (Å²) >= 11 is 0. The second kappa shape index (κ2) is 11.5. The van der Waals surface area contributed by atoms with Gasteiger partial charge in [-0.15, -0.1) is 0 Å². The summed E-state index contributed by atoms with van der Waals surface area (Å²) in [6.07, 6.45) is 2.14. The SMILES string of the molecule is CC[C@H](C)NC(=O)NC(=O)COC(=O)CO/N=C\c1ccc(OC)cc1. The first-order valence-corrected chi connectivity index (χ1v) is 8.00. The number of hydrogen-bond donors (Lipinski definition) is 2. The molecular weight excluding hydrogens is 342 g/mol. The standard InChI is InChI=1S/C17H23N3O6/c1-4-12(2)19-17(23)20-15(21)10-25-16(22)11-26-18-9-13-5-7-14(24-3)8-6-13/h5-9,12H,4,10-11H2,1-3H3,(H2,19,20,21,23)/b18-9-/t12-/m0/s1. The van der Waals surface area contributed by atoms with E-state index in [1.807, 2.05) is 6.92 Å². The Labute approximate surface area is 151 Å². The lowest BCUT2D eigenvalue weighted by Gasteiger charge is -2.11. The number of methoxy groups -OCH3 is 1. The Balaban J connectivity index is 2.22. The van der Waals surface area contributed by atoms with Gasteiger partial charge in [0, 0.05) is 6.04 Å². The van der Waals surface area contributed by atoms with E-state index in [4.69, 9.17) is 9.57 Å². The number of carbonyl (C=O) groups excluding carboxylic acids is 3. The van der Waals surface area contributed by atoms with Crippen LogP contribution in [0.5, 0.6) is 5.75 Å². The van der Waals surface area contributed by atoms with Gasteiger partial charge in [0.2, 0.25) is 6.61 Å². The lowest BCUT2D eigenvalue weighted by molar-refractivity contribution is -0.152. The van der Waals surface area contributed by atoms with Gasteiger partial charge in [-0.05, 0) is 43.2 Å². The van der Waals surface area contributed by atoms with Crippen LogP contribution in [-0.4, -0.2) is 50.5 Å². The van der Waals surface area contributed by atoms with Crippen molar-refractivity contribution in [2.75, 3.05) is 20.3 Å². The maximum absolute atomic E-state index is 11.5. The Morgan fingerprint density at radius 3 is 2.50 bits per heavy atom. The fraction of sp³-hybridized carbons (Fsp3) is 0.412. The van der Waals surface area contributed by atoms with Crippen LogP contribution in [-0.2, 0) is 19.2 Å². The van der Waals surface area contributed by atoms with Crippen molar-refractivity contribution >= 4 is 24.1 Å². The van der Waals surface area contributed by atoms with Gasteiger partial charge in [-0.3, -0.25) is 10.1 Å². The van der Waals surface area contributed by atoms with Crippen LogP contribution in [0.1, 0.15) is 25.8 Å². The molecule has 0 aliphatic heterocycles. The van der Waals surface area contributed by atoms with Gasteiger partial charge in [-0.2, -0.15) is 0 Å². The number of carbonyl (C=O) groups is 3. The number of nitrogens with zero attached hydrogens (tertiary/aromatic N) is 1. The first-order valence-electron chi connectivity index (χ1n) is 8.00. The Kier molecular flexibility index (Phi) is 9.23. The maximum atomic E-state index is 11.5. The molecule has 0 bridgehead atoms. The van der Waals surface area contributed by atoms with Crippen molar-refractivity contribution in [3.8, 4) is 5.75 Å². The van der Waals surface area contributed by atoms with Crippen LogP contribution in [0.3, 0.4) is 0 Å². The number of oxime groups is 1. The van der Waals surface area contributed by atoms with Gasteiger partial charge >= 0.3 is 12.0 Å². The molecule has 0 radical (unpaired) electrons. The number of benzene rings is 1. The van der Waals surface area contributed by atoms with Gasteiger partial charge < -0.3 is 19.6 Å². The number of esters is 1. The normalized spacial score (nSPS) is 11.5. The fourth-order valence-corrected chi connectivity index (χ4v) is 1.59. The van der Waals surface area contributed by atoms with Crippen molar-refractivity contribution in [3.05, 3.63) is 29.8 Å². The van der Waals surface area contributed by atoms with Crippen LogP contribution in [0.25, 0.3) is 0 Å². The first kappa shape index (κ1) is 20.9. The molecule has 1 rings (SSSR count). The van der Waals surface area contributed by atoms with E-state index in [0.29, 0.717) is 5.75 Å². The molecule has 0 aromatic heterocycles. The Morgan fingerprint density at radius 2 is 1.88 bits per heavy atom. The molecule has 0 spiro atoms. The molecule has 0 heterocycles. The van der Waals surface area contributed by atoms with Gasteiger partial charge in [0.15, 0.2) is 6.61 Å². The van der Waals surface area contributed by atoms with Crippen molar-refractivity contribution in [2.24, 2.45) is 5.16 Å². The molecule has 0 unspecified atom stereocenters. The summed E-state index contributed by atoms with van der Waals surface area (Å²) in [6.45, 7) is 2.65. The summed E-state index contributed by atoms with van der Waals surface area (Å²) < 4.78 is 9.70. The van der Waals surface area contributed by atoms with Gasteiger partial charge in [-0.25, -0.2) is 9.59 Å². The Bertz CT molecular complexity index is 630. The average Bonchev–Trinajstić information content (AvgIpc) is 2.63. The molecule has 0 fully saturated rings. The molecule has 142 valence electrons. The van der Waals surface area contributed by atoms with Gasteiger partial charge in [0.1, 0.15) is 5.75 Å². The molecule has 0 aliphatic rings. The molecule has 1 aromatic rings. The highest BCUT2D eigenvalue weighted by Crippen LogP contribution is 2.09. The third kappa shape index (κ3) is 8.67. The Morgan fingerprint density at radius 1 is 1.19 bits per heavy atom. The molecule has 0 aliphatic carbocycles. The van der Waals surface area contributed by atoms with Gasteiger partial charge in [0.25, 0.3) is 5.91 Å². The quantitative estimate of drug-likeness (QED) is 0.386. The molecular formula is C17H23N3O6. The zero-order chi connectivity index (χ0) is 19.4. The summed E-state index contributed by atoms with van der Waals surface area (Å²) in [7, 11) is 1.57. The third-order valence-electron chi connectivity index (χ3n) is 3.18. The lowest BCUT2D eigenvalue weighted by Crippen LogP contribution is -2.44. The van der Waals surface area contributed by atoms with Crippen molar-refractivity contribution in [1.82, 2.24) is 10.6 Å². The summed E-state index contributed by atoms with van der Waals surface area (Å²) in [5, 5.41) is 8.22. The average molecular weight is 365 g/mol. The molecule has 2 N–H and O–H groups in total. The number of nitrogens with one attached hydrogen (secondary N) is 2. The molecule has 0 saturated heterocycles. The van der Waals surface area contributed by atoms with E-state index in [1.165, 1.54) is 6.21 Å². The van der Waals surface area contributed by atoms with Crippen LogP contribution in [0, 0.1) is 0 Å². The van der Waals surface area contributed by atoms with Crippen LogP contribution in [0.15, 0.2) is 29.4 Å². The predicted molar refractivity (Wildman–Crippen MR) is 93.9 cm³/mol. The summed E-state index contributed by atoms with van der Waals surface area (Å²) in [4.78, 5) is 39.1. The van der Waals surface area contributed by atoms with Crippen molar-refractivity contribution < 1.29 is 28.7 Å². The Hall–Kier alpha value is -3.10. The monoisotopic (exact) mass is 365 g/mol. The van der Waals surface area contributed by atoms with E-state index in [9.17, 15) is 14.4 Å². The first-order chi connectivity index (χ1) is 12.4. The maximum Gasteiger partial charge on any atom is 0.347 e. The highest BCUT2D eigenvalue weighted by atomic mass is 16.7. The second-order valence-electron chi connectivity index (χ2n) is 5.27. The summed E-state index contributed by atoms with van der Waals surface area (Å²) in [6, 6.07) is 6.33. The van der Waals surface area contributed by atoms with E-state index < -0.39 is 31.1 Å². The summed E-state index contributed by atoms with van der Waals surface area (Å²) in [5.74, 6) is -0.807. The molecule has 0 saturated carbocycles. The summed E-state index contributed by atoms with van der Waals surface area (Å²) in [5.41, 5.74) is 0.755. The van der Waals surface area contributed by atoms with Gasteiger partial charge in [0.05, 0.1) is 13.3 Å². The predicted octanol–water partition coefficient (Wildman–Crippen LogP) is 1.21. The number of rotatable bonds is 9. The van der Waals surface area contributed by atoms with Crippen molar-refractivity contribution in [1.29, 1.82) is 0 Å². The molecule has 3 amide bonds. The molecule has 9 heteroatoms. The van der Waals surface area contributed by atoms with Crippen LogP contribution in [0.4, 0.5) is 4.79 Å². The van der Waals surface area contributed by atoms with E-state index in [1.54, 1.807) is 38.3 Å². The van der Waals surface area contributed by atoms with Gasteiger partial charge in [-0.1, -0.05) is 12.1 Å². The zero-order valence-corrected chi connectivity index (χ0v) is 15.0. The van der Waals surface area contributed by atoms with E-state index in [-0.39, 0.29) is 6.04 Å². The van der Waals surface area contributed by atoms with Crippen molar-refractivity contribution in [2.45, 2.75) is 26.3 Å². The smallest absolute Gasteiger partial charge is 0.347 e. The minimum atomic E-state index is -0.783. The van der Waals surface area contributed by atoms with E-state index in [2.05, 4.69) is 20.5 Å². The lowest BCUT2D eigenvalue weighted by atomic mass is 10.2. The van der Waals surface area contributed by atoms with Crippen LogP contribution in [0.2, 0.25) is 0 Å². The largest absolute Gasteiger partial charge is 0.497 e. The number of imide groups is 1. The molecule has 9 nitrogen and oxygen atoms in total. The second-order valence-corrected chi connectivity index (χ2v) is 5.27. The fourth-order valence-electron chi connectivity index (χ4n) is 1.59. The van der Waals surface area contributed by atoms with Crippen LogP contribution < -0.4 is 15.4 Å². The van der Waals surface area contributed by atoms with E-state index >= 15 is 0 Å². The minimum absolute atomic E-state index is 0.0673. The number of hydrogen-bond acceptors (Lipinski definition) is 7. The van der Waals surface area contributed by atoms with E-state index in [0.717, 1.165) is 12.0 Å². The number of amides is 3. The number of urea groups is 1. The zero-order valence-electron chi connectivity index (χ0n) is 15.0. The van der Waals surface area contributed by atoms with Crippen LogP contribution >= 0.6 is 0 Å². The van der Waals surface area contributed by atoms with Crippen molar-refractivity contribution in [3.63, 3.8) is 0 Å². The molecule has 26 heavy (non-hydrogen) atoms. The minimum Gasteiger partial charge on any atom is -0.497 e. The molecule has 1 aromatic carbocycles. The topological polar surface area (TPSA) is 115 Å². The molecule has 1 atom stereocenters. The highest BCUT2D eigenvalue weighted by molar-refractivity contribution is 5.95. The number of ether oxygens (including phenoxy) is 2. The highest BCUT2D eigenvalue weighted by Gasteiger charge is 2.12. The third-order valence-corrected chi connectivity index (χ3v) is 3.18.